The molecule has 0 aliphatic carbocycles. The minimum Gasteiger partial charge on any atom is -0.450 e. The van der Waals surface area contributed by atoms with Gasteiger partial charge in [0.2, 0.25) is 0 Å². The van der Waals surface area contributed by atoms with E-state index in [-0.39, 0.29) is 0 Å². The van der Waals surface area contributed by atoms with Crippen molar-refractivity contribution < 1.29 is 9.47 Å². The molecule has 3 rings (SSSR count). The normalized spacial score (nSPS) is 17.1. The van der Waals surface area contributed by atoms with Crippen LogP contribution < -0.4 is 9.47 Å². The molecule has 1 aromatic heterocycles. The van der Waals surface area contributed by atoms with Crippen LogP contribution in [0.1, 0.15) is 5.56 Å². The van der Waals surface area contributed by atoms with Gasteiger partial charge in [0.15, 0.2) is 0 Å². The van der Waals surface area contributed by atoms with E-state index in [1.807, 2.05) is 36.4 Å². The van der Waals surface area contributed by atoms with Gasteiger partial charge < -0.3 is 9.47 Å². The summed E-state index contributed by atoms with van der Waals surface area (Å²) in [5, 5.41) is 0. The summed E-state index contributed by atoms with van der Waals surface area (Å²) in [6, 6.07) is 9.82. The molecule has 1 aromatic carbocycles. The number of aromatic nitrogens is 2. The summed E-state index contributed by atoms with van der Waals surface area (Å²) in [4.78, 5) is 7.96. The van der Waals surface area contributed by atoms with Gasteiger partial charge in [-0.05, 0) is 24.3 Å². The second-order valence-corrected chi connectivity index (χ2v) is 3.53. The first-order chi connectivity index (χ1) is 8.42. The summed E-state index contributed by atoms with van der Waals surface area (Å²) in [6.45, 7) is 0. The quantitative estimate of drug-likeness (QED) is 0.788. The molecule has 0 fully saturated rings. The Kier molecular flexibility index (Phi) is 2.46. The molecule has 17 heavy (non-hydrogen) atoms. The standard InChI is InChI=1S/C13H10N2O2/c1-2-5-11-10(4-1)6-7-12(16-11)17-13-14-8-3-9-15-13/h1-9,12H. The minimum absolute atomic E-state index is 0.307. The fourth-order valence-electron chi connectivity index (χ4n) is 1.59. The number of ether oxygens (including phenoxy) is 2. The molecule has 2 heterocycles. The first-order valence-electron chi connectivity index (χ1n) is 5.29. The fraction of sp³-hybridized carbons (Fsp3) is 0.0769. The van der Waals surface area contributed by atoms with Gasteiger partial charge in [-0.25, -0.2) is 9.97 Å². The van der Waals surface area contributed by atoms with Crippen molar-refractivity contribution in [3.8, 4) is 11.8 Å². The molecule has 0 saturated heterocycles. The van der Waals surface area contributed by atoms with Gasteiger partial charge in [-0.1, -0.05) is 18.2 Å². The molecule has 1 atom stereocenters. The van der Waals surface area contributed by atoms with Crippen LogP contribution in [0.4, 0.5) is 0 Å². The maximum Gasteiger partial charge on any atom is 0.319 e. The highest BCUT2D eigenvalue weighted by atomic mass is 16.7. The number of nitrogens with zero attached hydrogens (tertiary/aromatic N) is 2. The van der Waals surface area contributed by atoms with E-state index in [0.29, 0.717) is 6.01 Å². The van der Waals surface area contributed by atoms with Crippen molar-refractivity contribution in [3.05, 3.63) is 54.4 Å². The molecule has 1 aliphatic heterocycles. The lowest BCUT2D eigenvalue weighted by Crippen LogP contribution is -2.24. The average Bonchev–Trinajstić information content (AvgIpc) is 2.40. The van der Waals surface area contributed by atoms with E-state index in [1.165, 1.54) is 0 Å². The molecular formula is C13H10N2O2. The summed E-state index contributed by atoms with van der Waals surface area (Å²) in [6.07, 6.45) is 6.57. The van der Waals surface area contributed by atoms with Crippen LogP contribution in [0.3, 0.4) is 0 Å². The molecule has 0 amide bonds. The lowest BCUT2D eigenvalue weighted by Gasteiger charge is -2.20. The van der Waals surface area contributed by atoms with E-state index in [9.17, 15) is 0 Å². The van der Waals surface area contributed by atoms with Crippen molar-refractivity contribution in [2.24, 2.45) is 0 Å². The molecular weight excluding hydrogens is 216 g/mol. The van der Waals surface area contributed by atoms with Crippen molar-refractivity contribution in [2.45, 2.75) is 6.29 Å². The first-order valence-corrected chi connectivity index (χ1v) is 5.29. The lowest BCUT2D eigenvalue weighted by atomic mass is 10.1. The van der Waals surface area contributed by atoms with Crippen molar-refractivity contribution in [1.82, 2.24) is 9.97 Å². The first kappa shape index (κ1) is 9.84. The van der Waals surface area contributed by atoms with Crippen LogP contribution in [0.15, 0.2) is 48.8 Å². The zero-order chi connectivity index (χ0) is 11.5. The Labute approximate surface area is 98.6 Å². The van der Waals surface area contributed by atoms with E-state index in [2.05, 4.69) is 9.97 Å². The van der Waals surface area contributed by atoms with Crippen LogP contribution >= 0.6 is 0 Å². The summed E-state index contributed by atoms with van der Waals surface area (Å²) in [7, 11) is 0. The van der Waals surface area contributed by atoms with Gasteiger partial charge in [-0.2, -0.15) is 0 Å². The van der Waals surface area contributed by atoms with E-state index < -0.39 is 6.29 Å². The molecule has 0 N–H and O–H groups in total. The molecule has 0 bridgehead atoms. The van der Waals surface area contributed by atoms with Crippen LogP contribution in [-0.4, -0.2) is 16.3 Å². The Morgan fingerprint density at radius 2 is 1.88 bits per heavy atom. The summed E-state index contributed by atoms with van der Waals surface area (Å²) < 4.78 is 11.1. The predicted molar refractivity (Wildman–Crippen MR) is 62.6 cm³/mol. The number of hydrogen-bond acceptors (Lipinski definition) is 4. The van der Waals surface area contributed by atoms with Gasteiger partial charge in [0.05, 0.1) is 0 Å². The van der Waals surface area contributed by atoms with Crippen LogP contribution in [0.5, 0.6) is 11.8 Å². The Morgan fingerprint density at radius 1 is 1.06 bits per heavy atom. The maximum absolute atomic E-state index is 5.65. The van der Waals surface area contributed by atoms with E-state index in [1.54, 1.807) is 18.5 Å². The van der Waals surface area contributed by atoms with Gasteiger partial charge in [-0.15, -0.1) is 0 Å². The summed E-state index contributed by atoms with van der Waals surface area (Å²) in [5.74, 6) is 0.802. The monoisotopic (exact) mass is 226 g/mol. The number of rotatable bonds is 2. The Hall–Kier alpha value is -2.36. The van der Waals surface area contributed by atoms with Gasteiger partial charge in [0, 0.05) is 18.0 Å². The number of fused-ring (bicyclic) bond motifs is 1. The molecule has 0 radical (unpaired) electrons. The number of para-hydroxylation sites is 1. The molecule has 0 saturated carbocycles. The van der Waals surface area contributed by atoms with Crippen LogP contribution in [0.25, 0.3) is 6.08 Å². The van der Waals surface area contributed by atoms with Gasteiger partial charge >= 0.3 is 6.01 Å². The highest BCUT2D eigenvalue weighted by Crippen LogP contribution is 2.25. The Morgan fingerprint density at radius 3 is 2.76 bits per heavy atom. The van der Waals surface area contributed by atoms with Crippen molar-refractivity contribution in [3.63, 3.8) is 0 Å². The van der Waals surface area contributed by atoms with Crippen molar-refractivity contribution in [2.75, 3.05) is 0 Å². The fourth-order valence-corrected chi connectivity index (χ4v) is 1.59. The van der Waals surface area contributed by atoms with Crippen molar-refractivity contribution >= 4 is 6.08 Å². The molecule has 0 spiro atoms. The highest BCUT2D eigenvalue weighted by Gasteiger charge is 2.15. The second kappa shape index (κ2) is 4.25. The zero-order valence-corrected chi connectivity index (χ0v) is 8.98. The van der Waals surface area contributed by atoms with E-state index >= 15 is 0 Å². The van der Waals surface area contributed by atoms with Crippen LogP contribution in [0, 0.1) is 0 Å². The van der Waals surface area contributed by atoms with Gasteiger partial charge in [0.1, 0.15) is 5.75 Å². The molecule has 2 aromatic rings. The molecule has 1 aliphatic rings. The Bertz CT molecular complexity index is 540. The van der Waals surface area contributed by atoms with E-state index in [0.717, 1.165) is 11.3 Å². The lowest BCUT2D eigenvalue weighted by molar-refractivity contribution is 0.0373. The molecule has 1 unspecified atom stereocenters. The summed E-state index contributed by atoms with van der Waals surface area (Å²) in [5.41, 5.74) is 1.04. The smallest absolute Gasteiger partial charge is 0.319 e. The third-order valence-corrected chi connectivity index (χ3v) is 2.36. The van der Waals surface area contributed by atoms with Crippen LogP contribution in [-0.2, 0) is 0 Å². The molecule has 4 heteroatoms. The molecule has 84 valence electrons. The van der Waals surface area contributed by atoms with E-state index in [4.69, 9.17) is 9.47 Å². The number of hydrogen-bond donors (Lipinski definition) is 0. The van der Waals surface area contributed by atoms with Crippen molar-refractivity contribution in [1.29, 1.82) is 0 Å². The third-order valence-electron chi connectivity index (χ3n) is 2.36. The topological polar surface area (TPSA) is 44.2 Å². The van der Waals surface area contributed by atoms with Gasteiger partial charge in [-0.3, -0.25) is 0 Å². The zero-order valence-electron chi connectivity index (χ0n) is 8.98. The van der Waals surface area contributed by atoms with Crippen LogP contribution in [0.2, 0.25) is 0 Å². The highest BCUT2D eigenvalue weighted by molar-refractivity contribution is 5.59. The van der Waals surface area contributed by atoms with Gasteiger partial charge in [0.25, 0.3) is 6.29 Å². The Balaban J connectivity index is 1.77. The SMILES string of the molecule is C1=CC(Oc2ncccn2)Oc2ccccc21. The predicted octanol–water partition coefficient (Wildman–Crippen LogP) is 2.29. The average molecular weight is 226 g/mol. The minimum atomic E-state index is -0.479. The maximum atomic E-state index is 5.65. The summed E-state index contributed by atoms with van der Waals surface area (Å²) >= 11 is 0. The number of benzene rings is 1. The third kappa shape index (κ3) is 2.10. The molecule has 4 nitrogen and oxygen atoms in total. The second-order valence-electron chi connectivity index (χ2n) is 3.53. The largest absolute Gasteiger partial charge is 0.450 e.